The Bertz CT molecular complexity index is 532. The maximum atomic E-state index is 11.6. The van der Waals surface area contributed by atoms with Crippen molar-refractivity contribution < 1.29 is 9.53 Å². The molecule has 0 saturated heterocycles. The zero-order valence-electron chi connectivity index (χ0n) is 11.8. The van der Waals surface area contributed by atoms with Crippen molar-refractivity contribution in [1.82, 2.24) is 10.3 Å². The molecule has 1 heterocycles. The van der Waals surface area contributed by atoms with Crippen molar-refractivity contribution in [2.75, 3.05) is 25.1 Å². The van der Waals surface area contributed by atoms with Gasteiger partial charge in [-0.3, -0.25) is 4.79 Å². The summed E-state index contributed by atoms with van der Waals surface area (Å²) in [5.74, 6) is 0.338. The van der Waals surface area contributed by atoms with Crippen LogP contribution in [0.25, 0.3) is 0 Å². The van der Waals surface area contributed by atoms with Gasteiger partial charge in [0.05, 0.1) is 6.61 Å². The molecule has 0 atom stereocenters. The molecule has 110 valence electrons. The SMILES string of the molecule is O=C(COCCNCc1ccccc1)Nc1ccccn1. The van der Waals surface area contributed by atoms with Crippen LogP contribution in [0, 0.1) is 0 Å². The summed E-state index contributed by atoms with van der Waals surface area (Å²) in [5, 5.41) is 5.92. The Balaban J connectivity index is 1.52. The zero-order valence-corrected chi connectivity index (χ0v) is 11.8. The van der Waals surface area contributed by atoms with Gasteiger partial charge in [-0.25, -0.2) is 4.98 Å². The Morgan fingerprint density at radius 3 is 2.67 bits per heavy atom. The van der Waals surface area contributed by atoms with Crippen molar-refractivity contribution >= 4 is 11.7 Å². The molecule has 0 aliphatic rings. The lowest BCUT2D eigenvalue weighted by Gasteiger charge is -2.07. The van der Waals surface area contributed by atoms with E-state index in [1.165, 1.54) is 5.56 Å². The molecule has 0 aliphatic carbocycles. The van der Waals surface area contributed by atoms with Crippen LogP contribution in [0.4, 0.5) is 5.82 Å². The maximum absolute atomic E-state index is 11.6. The van der Waals surface area contributed by atoms with Crippen LogP contribution in [-0.2, 0) is 16.1 Å². The van der Waals surface area contributed by atoms with Gasteiger partial charge in [0.2, 0.25) is 0 Å². The molecule has 21 heavy (non-hydrogen) atoms. The Hall–Kier alpha value is -2.24. The first kappa shape index (κ1) is 15.2. The summed E-state index contributed by atoms with van der Waals surface area (Å²) < 4.78 is 5.30. The average Bonchev–Trinajstić information content (AvgIpc) is 2.53. The minimum Gasteiger partial charge on any atom is -0.370 e. The van der Waals surface area contributed by atoms with E-state index in [2.05, 4.69) is 27.8 Å². The number of carbonyl (C=O) groups is 1. The molecule has 0 aliphatic heterocycles. The van der Waals surface area contributed by atoms with Gasteiger partial charge in [-0.1, -0.05) is 36.4 Å². The highest BCUT2D eigenvalue weighted by Gasteiger charge is 2.02. The second-order valence-corrected chi connectivity index (χ2v) is 4.48. The first-order valence-electron chi connectivity index (χ1n) is 6.88. The number of nitrogens with zero attached hydrogens (tertiary/aromatic N) is 1. The van der Waals surface area contributed by atoms with Gasteiger partial charge in [0.25, 0.3) is 5.91 Å². The Morgan fingerprint density at radius 2 is 1.90 bits per heavy atom. The van der Waals surface area contributed by atoms with Crippen molar-refractivity contribution in [1.29, 1.82) is 0 Å². The molecule has 2 N–H and O–H groups in total. The predicted octanol–water partition coefficient (Wildman–Crippen LogP) is 1.83. The van der Waals surface area contributed by atoms with Crippen molar-refractivity contribution in [2.45, 2.75) is 6.54 Å². The summed E-state index contributed by atoms with van der Waals surface area (Å²) in [6.45, 7) is 2.02. The average molecular weight is 285 g/mol. The first-order chi connectivity index (χ1) is 10.3. The zero-order chi connectivity index (χ0) is 14.8. The number of anilines is 1. The minimum absolute atomic E-state index is 0.0313. The van der Waals surface area contributed by atoms with Crippen LogP contribution in [0.2, 0.25) is 0 Å². The molecular formula is C16H19N3O2. The lowest BCUT2D eigenvalue weighted by molar-refractivity contribution is -0.120. The van der Waals surface area contributed by atoms with Crippen LogP contribution in [0.3, 0.4) is 0 Å². The number of hydrogen-bond donors (Lipinski definition) is 2. The number of rotatable bonds is 8. The number of benzene rings is 1. The molecule has 0 spiro atoms. The van der Waals surface area contributed by atoms with E-state index in [1.807, 2.05) is 24.3 Å². The standard InChI is InChI=1S/C16H19N3O2/c20-16(19-15-8-4-5-9-18-15)13-21-11-10-17-12-14-6-2-1-3-7-14/h1-9,17H,10-13H2,(H,18,19,20). The van der Waals surface area contributed by atoms with E-state index in [-0.39, 0.29) is 12.5 Å². The van der Waals surface area contributed by atoms with Crippen LogP contribution in [0.5, 0.6) is 0 Å². The molecule has 1 amide bonds. The lowest BCUT2D eigenvalue weighted by Crippen LogP contribution is -2.23. The maximum Gasteiger partial charge on any atom is 0.251 e. The molecule has 5 heteroatoms. The van der Waals surface area contributed by atoms with Gasteiger partial charge in [0.1, 0.15) is 12.4 Å². The van der Waals surface area contributed by atoms with Gasteiger partial charge in [-0.05, 0) is 17.7 Å². The van der Waals surface area contributed by atoms with Gasteiger partial charge in [-0.2, -0.15) is 0 Å². The van der Waals surface area contributed by atoms with E-state index in [4.69, 9.17) is 4.74 Å². The molecule has 5 nitrogen and oxygen atoms in total. The van der Waals surface area contributed by atoms with Gasteiger partial charge in [0, 0.05) is 19.3 Å². The number of pyridine rings is 1. The molecule has 0 unspecified atom stereocenters. The van der Waals surface area contributed by atoms with Gasteiger partial charge < -0.3 is 15.4 Å². The highest BCUT2D eigenvalue weighted by atomic mass is 16.5. The third kappa shape index (κ3) is 6.16. The third-order valence-electron chi connectivity index (χ3n) is 2.76. The Labute approximate surface area is 124 Å². The molecule has 1 aromatic carbocycles. The number of aromatic nitrogens is 1. The van der Waals surface area contributed by atoms with E-state index in [9.17, 15) is 4.79 Å². The summed E-state index contributed by atoms with van der Waals surface area (Å²) in [6.07, 6.45) is 1.63. The quantitative estimate of drug-likeness (QED) is 0.726. The monoisotopic (exact) mass is 285 g/mol. The number of nitrogens with one attached hydrogen (secondary N) is 2. The van der Waals surface area contributed by atoms with Crippen LogP contribution in [0.15, 0.2) is 54.7 Å². The molecule has 1 aromatic heterocycles. The van der Waals surface area contributed by atoms with E-state index in [0.29, 0.717) is 19.0 Å². The van der Waals surface area contributed by atoms with Crippen LogP contribution < -0.4 is 10.6 Å². The summed E-state index contributed by atoms with van der Waals surface area (Å²) in [7, 11) is 0. The van der Waals surface area contributed by atoms with Crippen molar-refractivity contribution in [3.63, 3.8) is 0 Å². The Morgan fingerprint density at radius 1 is 1.10 bits per heavy atom. The molecular weight excluding hydrogens is 266 g/mol. The van der Waals surface area contributed by atoms with Crippen molar-refractivity contribution in [2.24, 2.45) is 0 Å². The molecule has 0 fully saturated rings. The van der Waals surface area contributed by atoms with Crippen LogP contribution >= 0.6 is 0 Å². The second-order valence-electron chi connectivity index (χ2n) is 4.48. The number of ether oxygens (including phenoxy) is 1. The fourth-order valence-corrected chi connectivity index (χ4v) is 1.75. The van der Waals surface area contributed by atoms with Crippen LogP contribution in [-0.4, -0.2) is 30.6 Å². The number of carbonyl (C=O) groups excluding carboxylic acids is 1. The van der Waals surface area contributed by atoms with Gasteiger partial charge in [-0.15, -0.1) is 0 Å². The molecule has 2 aromatic rings. The summed E-state index contributed by atoms with van der Waals surface area (Å²) in [4.78, 5) is 15.6. The van der Waals surface area contributed by atoms with Crippen LogP contribution in [0.1, 0.15) is 5.56 Å². The fraction of sp³-hybridized carbons (Fsp3) is 0.250. The number of amides is 1. The lowest BCUT2D eigenvalue weighted by atomic mass is 10.2. The minimum atomic E-state index is -0.197. The summed E-state index contributed by atoms with van der Waals surface area (Å²) in [5.41, 5.74) is 1.23. The topological polar surface area (TPSA) is 63.2 Å². The highest BCUT2D eigenvalue weighted by Crippen LogP contribution is 1.99. The largest absolute Gasteiger partial charge is 0.370 e. The molecule has 0 bridgehead atoms. The highest BCUT2D eigenvalue weighted by molar-refractivity contribution is 5.90. The summed E-state index contributed by atoms with van der Waals surface area (Å²) in [6, 6.07) is 15.5. The van der Waals surface area contributed by atoms with Gasteiger partial charge in [0.15, 0.2) is 0 Å². The molecule has 0 saturated carbocycles. The molecule has 2 rings (SSSR count). The van der Waals surface area contributed by atoms with Crippen molar-refractivity contribution in [3.8, 4) is 0 Å². The Kier molecular flexibility index (Phi) is 6.38. The van der Waals surface area contributed by atoms with E-state index >= 15 is 0 Å². The normalized spacial score (nSPS) is 10.3. The van der Waals surface area contributed by atoms with E-state index in [1.54, 1.807) is 18.3 Å². The predicted molar refractivity (Wildman–Crippen MR) is 81.8 cm³/mol. The summed E-state index contributed by atoms with van der Waals surface area (Å²) >= 11 is 0. The number of hydrogen-bond acceptors (Lipinski definition) is 4. The third-order valence-corrected chi connectivity index (χ3v) is 2.76. The fourth-order valence-electron chi connectivity index (χ4n) is 1.75. The smallest absolute Gasteiger partial charge is 0.251 e. The van der Waals surface area contributed by atoms with Crippen molar-refractivity contribution in [3.05, 3.63) is 60.3 Å². The van der Waals surface area contributed by atoms with E-state index in [0.717, 1.165) is 6.54 Å². The van der Waals surface area contributed by atoms with E-state index < -0.39 is 0 Å². The first-order valence-corrected chi connectivity index (χ1v) is 6.88. The van der Waals surface area contributed by atoms with Gasteiger partial charge >= 0.3 is 0 Å². The molecule has 0 radical (unpaired) electrons. The second kappa shape index (κ2) is 8.84.